The first-order valence-electron chi connectivity index (χ1n) is 8.12. The zero-order valence-electron chi connectivity index (χ0n) is 12.9. The molecule has 3 nitrogen and oxygen atoms in total. The quantitative estimate of drug-likeness (QED) is 0.877. The van der Waals surface area contributed by atoms with Crippen LogP contribution in [0.1, 0.15) is 43.2 Å². The van der Waals surface area contributed by atoms with Crippen molar-refractivity contribution in [3.63, 3.8) is 0 Å². The molecule has 128 valence electrons. The third-order valence-corrected chi connectivity index (χ3v) is 5.29. The number of rotatable bonds is 2. The number of halogens is 3. The molecule has 2 N–H and O–H groups in total. The standard InChI is InChI=1S/C17H22F3NO2/c18-17(19,20)13-6-4-12(5-7-13)16(23)8-10-21(11-9-16)14-2-1-3-15(14)22/h4-7,14-15,22-23H,1-3,8-11H2/t14-,15-/m1/s1. The molecule has 1 aromatic rings. The van der Waals surface area contributed by atoms with Gasteiger partial charge >= 0.3 is 6.18 Å². The molecule has 2 atom stereocenters. The van der Waals surface area contributed by atoms with Crippen molar-refractivity contribution >= 4 is 0 Å². The van der Waals surface area contributed by atoms with Crippen molar-refractivity contribution in [2.45, 2.75) is 56.0 Å². The Morgan fingerprint density at radius 3 is 2.13 bits per heavy atom. The van der Waals surface area contributed by atoms with Gasteiger partial charge < -0.3 is 10.2 Å². The minimum atomic E-state index is -4.36. The number of piperidine rings is 1. The summed E-state index contributed by atoms with van der Waals surface area (Å²) < 4.78 is 37.9. The van der Waals surface area contributed by atoms with E-state index in [2.05, 4.69) is 4.90 Å². The molecule has 1 aliphatic heterocycles. The second-order valence-corrected chi connectivity index (χ2v) is 6.71. The van der Waals surface area contributed by atoms with E-state index in [0.717, 1.165) is 31.4 Å². The van der Waals surface area contributed by atoms with Crippen LogP contribution < -0.4 is 0 Å². The zero-order chi connectivity index (χ0) is 16.7. The molecule has 3 rings (SSSR count). The average molecular weight is 329 g/mol. The number of benzene rings is 1. The van der Waals surface area contributed by atoms with Crippen molar-refractivity contribution in [2.24, 2.45) is 0 Å². The third kappa shape index (κ3) is 3.39. The van der Waals surface area contributed by atoms with Crippen LogP contribution in [0, 0.1) is 0 Å². The topological polar surface area (TPSA) is 43.7 Å². The van der Waals surface area contributed by atoms with Gasteiger partial charge in [0.15, 0.2) is 0 Å². The van der Waals surface area contributed by atoms with Gasteiger partial charge in [0.05, 0.1) is 17.3 Å². The Morgan fingerprint density at radius 1 is 1.04 bits per heavy atom. The van der Waals surface area contributed by atoms with Gasteiger partial charge in [-0.25, -0.2) is 0 Å². The highest BCUT2D eigenvalue weighted by atomic mass is 19.4. The first-order valence-corrected chi connectivity index (χ1v) is 8.12. The molecule has 0 radical (unpaired) electrons. The molecule has 2 aliphatic rings. The van der Waals surface area contributed by atoms with Crippen LogP contribution in [0.3, 0.4) is 0 Å². The molecular weight excluding hydrogens is 307 g/mol. The molecule has 0 amide bonds. The SMILES string of the molecule is O[C@@H]1CCC[C@H]1N1CCC(O)(c2ccc(C(F)(F)F)cc2)CC1. The molecule has 2 fully saturated rings. The first kappa shape index (κ1) is 16.7. The van der Waals surface area contributed by atoms with Crippen molar-refractivity contribution < 1.29 is 23.4 Å². The van der Waals surface area contributed by atoms with Crippen molar-refractivity contribution in [3.05, 3.63) is 35.4 Å². The molecule has 0 aromatic heterocycles. The maximum Gasteiger partial charge on any atom is 0.416 e. The van der Waals surface area contributed by atoms with E-state index >= 15 is 0 Å². The fourth-order valence-electron chi connectivity index (χ4n) is 3.83. The maximum atomic E-state index is 12.6. The molecule has 0 unspecified atom stereocenters. The number of likely N-dealkylation sites (tertiary alicyclic amines) is 1. The number of nitrogens with zero attached hydrogens (tertiary/aromatic N) is 1. The van der Waals surface area contributed by atoms with Crippen LogP contribution in [-0.2, 0) is 11.8 Å². The maximum absolute atomic E-state index is 12.6. The van der Waals surface area contributed by atoms with Gasteiger partial charge in [0, 0.05) is 19.1 Å². The fourth-order valence-corrected chi connectivity index (χ4v) is 3.83. The van der Waals surface area contributed by atoms with Gasteiger partial charge in [0.2, 0.25) is 0 Å². The third-order valence-electron chi connectivity index (χ3n) is 5.29. The highest BCUT2D eigenvalue weighted by molar-refractivity contribution is 5.29. The predicted molar refractivity (Wildman–Crippen MR) is 79.8 cm³/mol. The average Bonchev–Trinajstić information content (AvgIpc) is 2.93. The minimum Gasteiger partial charge on any atom is -0.391 e. The van der Waals surface area contributed by atoms with E-state index in [4.69, 9.17) is 0 Å². The Labute approximate surface area is 133 Å². The highest BCUT2D eigenvalue weighted by Gasteiger charge is 2.39. The van der Waals surface area contributed by atoms with E-state index in [-0.39, 0.29) is 12.1 Å². The number of aliphatic hydroxyl groups is 2. The number of hydrogen-bond donors (Lipinski definition) is 2. The zero-order valence-corrected chi connectivity index (χ0v) is 12.9. The van der Waals surface area contributed by atoms with Crippen LogP contribution in [0.5, 0.6) is 0 Å². The van der Waals surface area contributed by atoms with E-state index in [1.807, 2.05) is 0 Å². The lowest BCUT2D eigenvalue weighted by Crippen LogP contribution is -2.49. The van der Waals surface area contributed by atoms with Gasteiger partial charge in [0.25, 0.3) is 0 Å². The van der Waals surface area contributed by atoms with Crippen LogP contribution in [-0.4, -0.2) is 40.3 Å². The first-order chi connectivity index (χ1) is 10.8. The van der Waals surface area contributed by atoms with E-state index in [1.165, 1.54) is 12.1 Å². The number of aliphatic hydroxyl groups excluding tert-OH is 1. The predicted octanol–water partition coefficient (Wildman–Crippen LogP) is 2.90. The second kappa shape index (κ2) is 6.07. The van der Waals surface area contributed by atoms with Crippen molar-refractivity contribution in [1.29, 1.82) is 0 Å². The molecule has 0 bridgehead atoms. The van der Waals surface area contributed by atoms with Crippen molar-refractivity contribution in [2.75, 3.05) is 13.1 Å². The Balaban J connectivity index is 1.67. The van der Waals surface area contributed by atoms with Crippen LogP contribution in [0.15, 0.2) is 24.3 Å². The summed E-state index contributed by atoms with van der Waals surface area (Å²) in [7, 11) is 0. The van der Waals surface area contributed by atoms with Gasteiger partial charge in [-0.3, -0.25) is 4.90 Å². The summed E-state index contributed by atoms with van der Waals surface area (Å²) in [6.07, 6.45) is -0.894. The van der Waals surface area contributed by atoms with E-state index in [9.17, 15) is 23.4 Å². The molecule has 23 heavy (non-hydrogen) atoms. The summed E-state index contributed by atoms with van der Waals surface area (Å²) in [5, 5.41) is 20.8. The Bertz CT molecular complexity index is 536. The molecule has 6 heteroatoms. The van der Waals surface area contributed by atoms with Crippen LogP contribution in [0.2, 0.25) is 0 Å². The number of alkyl halides is 3. The lowest BCUT2D eigenvalue weighted by Gasteiger charge is -2.42. The molecular formula is C17H22F3NO2. The largest absolute Gasteiger partial charge is 0.416 e. The smallest absolute Gasteiger partial charge is 0.391 e. The fraction of sp³-hybridized carbons (Fsp3) is 0.647. The molecule has 1 saturated heterocycles. The summed E-state index contributed by atoms with van der Waals surface area (Å²) in [6, 6.07) is 4.97. The Kier molecular flexibility index (Phi) is 4.42. The molecule has 0 spiro atoms. The lowest BCUT2D eigenvalue weighted by molar-refractivity contribution is -0.137. The van der Waals surface area contributed by atoms with Crippen LogP contribution in [0.25, 0.3) is 0 Å². The summed E-state index contributed by atoms with van der Waals surface area (Å²) in [5.74, 6) is 0. The Morgan fingerprint density at radius 2 is 1.65 bits per heavy atom. The minimum absolute atomic E-state index is 0.159. The van der Waals surface area contributed by atoms with Gasteiger partial charge in [-0.15, -0.1) is 0 Å². The van der Waals surface area contributed by atoms with Crippen LogP contribution in [0.4, 0.5) is 13.2 Å². The number of hydrogen-bond acceptors (Lipinski definition) is 3. The van der Waals surface area contributed by atoms with Crippen LogP contribution >= 0.6 is 0 Å². The summed E-state index contributed by atoms with van der Waals surface area (Å²) in [5.41, 5.74) is -1.24. The summed E-state index contributed by atoms with van der Waals surface area (Å²) in [4.78, 5) is 2.20. The monoisotopic (exact) mass is 329 g/mol. The Hall–Kier alpha value is -1.11. The van der Waals surface area contributed by atoms with E-state index < -0.39 is 17.3 Å². The van der Waals surface area contributed by atoms with Crippen molar-refractivity contribution in [1.82, 2.24) is 4.90 Å². The summed E-state index contributed by atoms with van der Waals surface area (Å²) >= 11 is 0. The van der Waals surface area contributed by atoms with Gasteiger partial charge in [0.1, 0.15) is 0 Å². The van der Waals surface area contributed by atoms with E-state index in [0.29, 0.717) is 31.5 Å². The van der Waals surface area contributed by atoms with Gasteiger partial charge in [-0.2, -0.15) is 13.2 Å². The molecule has 1 saturated carbocycles. The van der Waals surface area contributed by atoms with Gasteiger partial charge in [-0.05, 0) is 49.8 Å². The van der Waals surface area contributed by atoms with Gasteiger partial charge in [-0.1, -0.05) is 12.1 Å². The molecule has 1 aromatic carbocycles. The highest BCUT2D eigenvalue weighted by Crippen LogP contribution is 2.37. The lowest BCUT2D eigenvalue weighted by atomic mass is 9.83. The van der Waals surface area contributed by atoms with Crippen molar-refractivity contribution in [3.8, 4) is 0 Å². The van der Waals surface area contributed by atoms with E-state index in [1.54, 1.807) is 0 Å². The normalized spacial score (nSPS) is 28.9. The molecule has 1 heterocycles. The molecule has 1 aliphatic carbocycles. The summed E-state index contributed by atoms with van der Waals surface area (Å²) in [6.45, 7) is 1.30. The second-order valence-electron chi connectivity index (χ2n) is 6.71.